The number of nitrogens with zero attached hydrogens (tertiary/aromatic N) is 1. The monoisotopic (exact) mass is 311 g/mol. The number of hydrogen-bond donors (Lipinski definition) is 1. The van der Waals surface area contributed by atoms with Crippen molar-refractivity contribution in [2.45, 2.75) is 9.79 Å². The predicted molar refractivity (Wildman–Crippen MR) is 70.5 cm³/mol. The standard InChI is InChI=1S/C13H7F2NO4S/c14-10-4-2-7(5-11(10)15)21-8-1-3-9(13(17)18)12(6-8)16(19)20/h1-6H,(H,17,18). The average Bonchev–Trinajstić information content (AvgIpc) is 2.42. The molecule has 1 N–H and O–H groups in total. The maximum Gasteiger partial charge on any atom is 0.342 e. The van der Waals surface area contributed by atoms with Gasteiger partial charge in [-0.2, -0.15) is 0 Å². The molecule has 0 saturated heterocycles. The summed E-state index contributed by atoms with van der Waals surface area (Å²) in [6, 6.07) is 6.76. The third-order valence-electron chi connectivity index (χ3n) is 2.52. The zero-order valence-corrected chi connectivity index (χ0v) is 11.1. The summed E-state index contributed by atoms with van der Waals surface area (Å²) in [5.74, 6) is -3.44. The molecule has 0 aliphatic carbocycles. The summed E-state index contributed by atoms with van der Waals surface area (Å²) >= 11 is 0.958. The van der Waals surface area contributed by atoms with Gasteiger partial charge in [0.05, 0.1) is 4.92 Å². The van der Waals surface area contributed by atoms with Gasteiger partial charge >= 0.3 is 5.97 Å². The lowest BCUT2D eigenvalue weighted by Crippen LogP contribution is -2.02. The molecule has 0 unspecified atom stereocenters. The fourth-order valence-corrected chi connectivity index (χ4v) is 2.46. The summed E-state index contributed by atoms with van der Waals surface area (Å²) < 4.78 is 25.9. The van der Waals surface area contributed by atoms with Crippen LogP contribution >= 0.6 is 11.8 Å². The Morgan fingerprint density at radius 3 is 2.29 bits per heavy atom. The van der Waals surface area contributed by atoms with Crippen LogP contribution in [0, 0.1) is 21.7 Å². The molecule has 0 spiro atoms. The zero-order valence-electron chi connectivity index (χ0n) is 10.2. The van der Waals surface area contributed by atoms with E-state index < -0.39 is 33.8 Å². The number of hydrogen-bond acceptors (Lipinski definition) is 4. The van der Waals surface area contributed by atoms with Crippen molar-refractivity contribution in [1.29, 1.82) is 0 Å². The summed E-state index contributed by atoms with van der Waals surface area (Å²) in [6.07, 6.45) is 0. The molecule has 21 heavy (non-hydrogen) atoms. The molecule has 2 rings (SSSR count). The zero-order chi connectivity index (χ0) is 15.6. The highest BCUT2D eigenvalue weighted by Crippen LogP contribution is 2.32. The number of carbonyl (C=O) groups is 1. The summed E-state index contributed by atoms with van der Waals surface area (Å²) in [5, 5.41) is 19.7. The van der Waals surface area contributed by atoms with Gasteiger partial charge in [-0.25, -0.2) is 13.6 Å². The molecule has 0 atom stereocenters. The van der Waals surface area contributed by atoms with Crippen LogP contribution in [0.25, 0.3) is 0 Å². The first-order chi connectivity index (χ1) is 9.88. The SMILES string of the molecule is O=C(O)c1ccc(Sc2ccc(F)c(F)c2)cc1[N+](=O)[O-]. The number of halogens is 2. The Labute approximate surface area is 121 Å². The molecule has 0 amide bonds. The predicted octanol–water partition coefficient (Wildman–Crippen LogP) is 3.72. The van der Waals surface area contributed by atoms with Gasteiger partial charge in [0.25, 0.3) is 5.69 Å². The summed E-state index contributed by atoms with van der Waals surface area (Å²) in [4.78, 5) is 21.6. The number of rotatable bonds is 4. The summed E-state index contributed by atoms with van der Waals surface area (Å²) in [5.41, 5.74) is -0.996. The first kappa shape index (κ1) is 14.9. The van der Waals surface area contributed by atoms with E-state index in [2.05, 4.69) is 0 Å². The molecule has 8 heteroatoms. The van der Waals surface area contributed by atoms with Gasteiger partial charge in [-0.15, -0.1) is 0 Å². The van der Waals surface area contributed by atoms with Crippen LogP contribution in [0.4, 0.5) is 14.5 Å². The Hall–Kier alpha value is -2.48. The van der Waals surface area contributed by atoms with Crippen LogP contribution in [0.5, 0.6) is 0 Å². The second-order valence-electron chi connectivity index (χ2n) is 3.92. The van der Waals surface area contributed by atoms with Crippen molar-refractivity contribution in [2.24, 2.45) is 0 Å². The lowest BCUT2D eigenvalue weighted by molar-refractivity contribution is -0.385. The number of nitro groups is 1. The second kappa shape index (κ2) is 5.88. The summed E-state index contributed by atoms with van der Waals surface area (Å²) in [6.45, 7) is 0. The van der Waals surface area contributed by atoms with Crippen LogP contribution in [0.15, 0.2) is 46.2 Å². The van der Waals surface area contributed by atoms with E-state index in [1.54, 1.807) is 0 Å². The van der Waals surface area contributed by atoms with Crippen LogP contribution in [0.3, 0.4) is 0 Å². The van der Waals surface area contributed by atoms with Gasteiger partial charge in [0, 0.05) is 15.9 Å². The lowest BCUT2D eigenvalue weighted by atomic mass is 10.2. The van der Waals surface area contributed by atoms with E-state index in [-0.39, 0.29) is 0 Å². The van der Waals surface area contributed by atoms with Gasteiger partial charge in [0.2, 0.25) is 0 Å². The fourth-order valence-electron chi connectivity index (χ4n) is 1.58. The molecule has 108 valence electrons. The number of benzene rings is 2. The van der Waals surface area contributed by atoms with E-state index in [9.17, 15) is 23.7 Å². The van der Waals surface area contributed by atoms with Gasteiger partial charge in [0.1, 0.15) is 5.56 Å². The van der Waals surface area contributed by atoms with E-state index in [0.717, 1.165) is 36.0 Å². The third kappa shape index (κ3) is 3.34. The molecule has 0 aliphatic rings. The van der Waals surface area contributed by atoms with Crippen molar-refractivity contribution in [3.63, 3.8) is 0 Å². The summed E-state index contributed by atoms with van der Waals surface area (Å²) in [7, 11) is 0. The van der Waals surface area contributed by atoms with Crippen molar-refractivity contribution in [3.05, 3.63) is 63.7 Å². The molecule has 0 saturated carbocycles. The number of nitro benzene ring substituents is 1. The van der Waals surface area contributed by atoms with Crippen LogP contribution in [0.2, 0.25) is 0 Å². The third-order valence-corrected chi connectivity index (χ3v) is 3.50. The maximum absolute atomic E-state index is 13.1. The Balaban J connectivity index is 2.36. The van der Waals surface area contributed by atoms with Crippen molar-refractivity contribution >= 4 is 23.4 Å². The minimum atomic E-state index is -1.41. The van der Waals surface area contributed by atoms with Crippen molar-refractivity contribution in [1.82, 2.24) is 0 Å². The molecule has 0 radical (unpaired) electrons. The lowest BCUT2D eigenvalue weighted by Gasteiger charge is -2.04. The first-order valence-electron chi connectivity index (χ1n) is 5.53. The minimum Gasteiger partial charge on any atom is -0.477 e. The normalized spacial score (nSPS) is 10.4. The smallest absolute Gasteiger partial charge is 0.342 e. The maximum atomic E-state index is 13.1. The van der Waals surface area contributed by atoms with E-state index in [1.807, 2.05) is 0 Å². The Bertz CT molecular complexity index is 736. The Morgan fingerprint density at radius 2 is 1.71 bits per heavy atom. The van der Waals surface area contributed by atoms with Gasteiger partial charge in [0.15, 0.2) is 11.6 Å². The average molecular weight is 311 g/mol. The molecule has 0 bridgehead atoms. The molecule has 5 nitrogen and oxygen atoms in total. The van der Waals surface area contributed by atoms with Crippen molar-refractivity contribution in [2.75, 3.05) is 0 Å². The molecule has 0 heterocycles. The largest absolute Gasteiger partial charge is 0.477 e. The van der Waals surface area contributed by atoms with Gasteiger partial charge in [-0.05, 0) is 30.3 Å². The topological polar surface area (TPSA) is 80.4 Å². The molecule has 0 aliphatic heterocycles. The molecular formula is C13H7F2NO4S. The van der Waals surface area contributed by atoms with Crippen LogP contribution in [-0.4, -0.2) is 16.0 Å². The Kier molecular flexibility index (Phi) is 4.18. The number of carboxylic acids is 1. The van der Waals surface area contributed by atoms with E-state index in [4.69, 9.17) is 5.11 Å². The fraction of sp³-hybridized carbons (Fsp3) is 0. The highest BCUT2D eigenvalue weighted by molar-refractivity contribution is 7.99. The molecule has 0 fully saturated rings. The van der Waals surface area contributed by atoms with E-state index >= 15 is 0 Å². The minimum absolute atomic E-state index is 0.339. The second-order valence-corrected chi connectivity index (χ2v) is 5.07. The van der Waals surface area contributed by atoms with Crippen LogP contribution in [-0.2, 0) is 0 Å². The van der Waals surface area contributed by atoms with Gasteiger partial charge in [-0.1, -0.05) is 11.8 Å². The highest BCUT2D eigenvalue weighted by atomic mass is 32.2. The molecule has 2 aromatic carbocycles. The number of aromatic carboxylic acids is 1. The number of carboxylic acid groups (broad SMARTS) is 1. The molecule has 2 aromatic rings. The quantitative estimate of drug-likeness (QED) is 0.687. The molecular weight excluding hydrogens is 304 g/mol. The van der Waals surface area contributed by atoms with Crippen molar-refractivity contribution < 1.29 is 23.6 Å². The van der Waals surface area contributed by atoms with Crippen LogP contribution in [0.1, 0.15) is 10.4 Å². The van der Waals surface area contributed by atoms with Gasteiger partial charge < -0.3 is 5.11 Å². The van der Waals surface area contributed by atoms with Crippen molar-refractivity contribution in [3.8, 4) is 0 Å². The van der Waals surface area contributed by atoms with Gasteiger partial charge in [-0.3, -0.25) is 10.1 Å². The first-order valence-corrected chi connectivity index (χ1v) is 6.35. The van der Waals surface area contributed by atoms with E-state index in [0.29, 0.717) is 9.79 Å². The van der Waals surface area contributed by atoms with E-state index in [1.165, 1.54) is 12.1 Å². The Morgan fingerprint density at radius 1 is 1.10 bits per heavy atom. The van der Waals surface area contributed by atoms with Crippen LogP contribution < -0.4 is 0 Å². The molecule has 0 aromatic heterocycles. The highest BCUT2D eigenvalue weighted by Gasteiger charge is 2.20.